The molecule has 1 heterocycles. The van der Waals surface area contributed by atoms with E-state index in [9.17, 15) is 17.6 Å². The van der Waals surface area contributed by atoms with Crippen LogP contribution < -0.4 is 5.32 Å². The minimum Gasteiger partial charge on any atom is -0.314 e. The van der Waals surface area contributed by atoms with E-state index in [2.05, 4.69) is 5.32 Å². The molecule has 1 saturated heterocycles. The highest BCUT2D eigenvalue weighted by Gasteiger charge is 2.35. The van der Waals surface area contributed by atoms with Crippen LogP contribution in [-0.4, -0.2) is 37.3 Å². The van der Waals surface area contributed by atoms with Crippen LogP contribution in [0.4, 0.5) is 17.6 Å². The predicted octanol–water partition coefficient (Wildman–Crippen LogP) is 3.57. The minimum atomic E-state index is -4.23. The van der Waals surface area contributed by atoms with E-state index >= 15 is 0 Å². The second-order valence-electron chi connectivity index (χ2n) is 4.67. The maximum atomic E-state index is 12.9. The molecule has 0 radical (unpaired) electrons. The molecule has 0 unspecified atom stereocenters. The first-order chi connectivity index (χ1) is 8.96. The summed E-state index contributed by atoms with van der Waals surface area (Å²) < 4.78 is 51.0. The van der Waals surface area contributed by atoms with Crippen molar-refractivity contribution >= 4 is 24.8 Å². The highest BCUT2D eigenvalue weighted by Crippen LogP contribution is 2.33. The Labute approximate surface area is 133 Å². The molecule has 1 aliphatic rings. The average molecular weight is 349 g/mol. The summed E-state index contributed by atoms with van der Waals surface area (Å²) in [7, 11) is 0. The van der Waals surface area contributed by atoms with E-state index in [4.69, 9.17) is 0 Å². The fraction of sp³-hybridized carbons (Fsp3) is 0.538. The Bertz CT molecular complexity index is 406. The zero-order chi connectivity index (χ0) is 13.9. The third-order valence-electron chi connectivity index (χ3n) is 3.27. The third kappa shape index (κ3) is 6.38. The van der Waals surface area contributed by atoms with Crippen LogP contribution in [0, 0.1) is 5.82 Å². The van der Waals surface area contributed by atoms with Gasteiger partial charge in [0.2, 0.25) is 0 Å². The van der Waals surface area contributed by atoms with Crippen LogP contribution in [0.15, 0.2) is 24.3 Å². The van der Waals surface area contributed by atoms with Crippen molar-refractivity contribution in [2.45, 2.75) is 18.6 Å². The van der Waals surface area contributed by atoms with Crippen LogP contribution in [0.1, 0.15) is 18.0 Å². The quantitative estimate of drug-likeness (QED) is 0.840. The molecule has 1 atom stereocenters. The maximum Gasteiger partial charge on any atom is 0.390 e. The SMILES string of the molecule is Cl.Cl.Fc1ccc([C@@H](CC(F)(F)F)N2CCNCC2)cc1. The van der Waals surface area contributed by atoms with E-state index in [0.717, 1.165) is 0 Å². The van der Waals surface area contributed by atoms with Crippen LogP contribution in [0.2, 0.25) is 0 Å². The van der Waals surface area contributed by atoms with Gasteiger partial charge in [0.15, 0.2) is 0 Å². The van der Waals surface area contributed by atoms with Crippen LogP contribution in [-0.2, 0) is 0 Å². The van der Waals surface area contributed by atoms with Gasteiger partial charge in [0, 0.05) is 32.2 Å². The second kappa shape index (κ2) is 8.78. The van der Waals surface area contributed by atoms with Crippen molar-refractivity contribution < 1.29 is 17.6 Å². The Kier molecular flexibility index (Phi) is 8.54. The van der Waals surface area contributed by atoms with Gasteiger partial charge in [0.25, 0.3) is 0 Å². The molecule has 2 nitrogen and oxygen atoms in total. The smallest absolute Gasteiger partial charge is 0.314 e. The molecular formula is C13H18Cl2F4N2. The predicted molar refractivity (Wildman–Crippen MR) is 78.8 cm³/mol. The Hall–Kier alpha value is -0.560. The molecule has 0 aliphatic carbocycles. The van der Waals surface area contributed by atoms with Gasteiger partial charge in [-0.3, -0.25) is 4.90 Å². The summed E-state index contributed by atoms with van der Waals surface area (Å²) in [6.07, 6.45) is -5.14. The van der Waals surface area contributed by atoms with Crippen molar-refractivity contribution in [1.82, 2.24) is 10.2 Å². The summed E-state index contributed by atoms with van der Waals surface area (Å²) in [5.74, 6) is -0.435. The molecule has 0 aromatic heterocycles. The second-order valence-corrected chi connectivity index (χ2v) is 4.67. The van der Waals surface area contributed by atoms with Crippen molar-refractivity contribution in [2.75, 3.05) is 26.2 Å². The lowest BCUT2D eigenvalue weighted by molar-refractivity contribution is -0.148. The third-order valence-corrected chi connectivity index (χ3v) is 3.27. The van der Waals surface area contributed by atoms with Crippen LogP contribution in [0.3, 0.4) is 0 Å². The molecule has 1 N–H and O–H groups in total. The summed E-state index contributed by atoms with van der Waals surface area (Å²) >= 11 is 0. The number of benzene rings is 1. The first kappa shape index (κ1) is 20.4. The van der Waals surface area contributed by atoms with Crippen LogP contribution in [0.25, 0.3) is 0 Å². The summed E-state index contributed by atoms with van der Waals surface area (Å²) in [5, 5.41) is 3.11. The lowest BCUT2D eigenvalue weighted by atomic mass is 10.0. The fourth-order valence-corrected chi connectivity index (χ4v) is 2.36. The van der Waals surface area contributed by atoms with Gasteiger partial charge in [0.05, 0.1) is 6.42 Å². The molecule has 1 aromatic carbocycles. The number of nitrogens with zero attached hydrogens (tertiary/aromatic N) is 1. The molecule has 2 rings (SSSR count). The Balaban J connectivity index is 0.00000200. The first-order valence-electron chi connectivity index (χ1n) is 6.23. The van der Waals surface area contributed by atoms with Crippen molar-refractivity contribution in [2.24, 2.45) is 0 Å². The zero-order valence-corrected chi connectivity index (χ0v) is 12.8. The molecule has 8 heteroatoms. The van der Waals surface area contributed by atoms with E-state index in [1.165, 1.54) is 24.3 Å². The number of rotatable bonds is 3. The molecule has 21 heavy (non-hydrogen) atoms. The number of halogens is 6. The van der Waals surface area contributed by atoms with Gasteiger partial charge in [-0.1, -0.05) is 12.1 Å². The average Bonchev–Trinajstić information content (AvgIpc) is 2.37. The van der Waals surface area contributed by atoms with Crippen molar-refractivity contribution in [3.8, 4) is 0 Å². The van der Waals surface area contributed by atoms with Gasteiger partial charge < -0.3 is 5.32 Å². The minimum absolute atomic E-state index is 0. The van der Waals surface area contributed by atoms with Crippen LogP contribution in [0.5, 0.6) is 0 Å². The Morgan fingerprint density at radius 2 is 1.57 bits per heavy atom. The number of nitrogens with one attached hydrogen (secondary N) is 1. The van der Waals surface area contributed by atoms with Crippen LogP contribution >= 0.6 is 24.8 Å². The van der Waals surface area contributed by atoms with E-state index in [1.807, 2.05) is 0 Å². The van der Waals surface area contributed by atoms with Gasteiger partial charge in [0.1, 0.15) is 5.82 Å². The standard InChI is InChI=1S/C13H16F4N2.2ClH/c14-11-3-1-10(2-4-11)12(9-13(15,16)17)19-7-5-18-6-8-19;;/h1-4,12,18H,5-9H2;2*1H/t12-;;/m1../s1. The molecule has 0 bridgehead atoms. The topological polar surface area (TPSA) is 15.3 Å². The zero-order valence-electron chi connectivity index (χ0n) is 11.2. The Morgan fingerprint density at radius 3 is 2.05 bits per heavy atom. The van der Waals surface area contributed by atoms with Gasteiger partial charge in [-0.05, 0) is 17.7 Å². The highest BCUT2D eigenvalue weighted by atomic mass is 35.5. The molecule has 0 spiro atoms. The Morgan fingerprint density at radius 1 is 1.05 bits per heavy atom. The summed E-state index contributed by atoms with van der Waals surface area (Å²) in [6.45, 7) is 2.49. The molecule has 1 aromatic rings. The largest absolute Gasteiger partial charge is 0.390 e. The monoisotopic (exact) mass is 348 g/mol. The lowest BCUT2D eigenvalue weighted by Gasteiger charge is -2.35. The maximum absolute atomic E-state index is 12.9. The van der Waals surface area contributed by atoms with Gasteiger partial charge in [-0.25, -0.2) is 4.39 Å². The molecule has 0 saturated carbocycles. The molecule has 0 amide bonds. The molecule has 1 fully saturated rings. The molecular weight excluding hydrogens is 331 g/mol. The summed E-state index contributed by atoms with van der Waals surface area (Å²) in [6, 6.07) is 4.56. The number of hydrogen-bond acceptors (Lipinski definition) is 2. The summed E-state index contributed by atoms with van der Waals surface area (Å²) in [5.41, 5.74) is 0.514. The lowest BCUT2D eigenvalue weighted by Crippen LogP contribution is -2.46. The normalized spacial score (nSPS) is 17.5. The summed E-state index contributed by atoms with van der Waals surface area (Å²) in [4.78, 5) is 1.80. The number of piperazine rings is 1. The number of hydrogen-bond donors (Lipinski definition) is 1. The van der Waals surface area contributed by atoms with Crippen molar-refractivity contribution in [3.63, 3.8) is 0 Å². The van der Waals surface area contributed by atoms with Gasteiger partial charge in [-0.2, -0.15) is 13.2 Å². The van der Waals surface area contributed by atoms with Gasteiger partial charge in [-0.15, -0.1) is 24.8 Å². The van der Waals surface area contributed by atoms with E-state index in [-0.39, 0.29) is 24.8 Å². The number of alkyl halides is 3. The fourth-order valence-electron chi connectivity index (χ4n) is 2.36. The molecule has 122 valence electrons. The van der Waals surface area contributed by atoms with Crippen molar-refractivity contribution in [3.05, 3.63) is 35.6 Å². The van der Waals surface area contributed by atoms with Gasteiger partial charge >= 0.3 is 6.18 Å². The van der Waals surface area contributed by atoms with E-state index in [0.29, 0.717) is 31.7 Å². The van der Waals surface area contributed by atoms with E-state index in [1.54, 1.807) is 4.90 Å². The van der Waals surface area contributed by atoms with Crippen molar-refractivity contribution in [1.29, 1.82) is 0 Å². The molecule has 1 aliphatic heterocycles. The van der Waals surface area contributed by atoms with E-state index < -0.39 is 24.5 Å². The first-order valence-corrected chi connectivity index (χ1v) is 6.23. The highest BCUT2D eigenvalue weighted by molar-refractivity contribution is 5.85.